The first kappa shape index (κ1) is 30.0. The Morgan fingerprint density at radius 2 is 1.88 bits per heavy atom. The molecule has 1 heterocycles. The molecule has 1 saturated heterocycles. The van der Waals surface area contributed by atoms with Crippen molar-refractivity contribution >= 4 is 11.9 Å². The molecule has 4 aliphatic carbocycles. The van der Waals surface area contributed by atoms with Crippen molar-refractivity contribution in [3.63, 3.8) is 0 Å². The second-order valence-corrected chi connectivity index (χ2v) is 14.8. The van der Waals surface area contributed by atoms with Gasteiger partial charge in [0.25, 0.3) is 0 Å². The van der Waals surface area contributed by atoms with Crippen LogP contribution >= 0.6 is 0 Å². The lowest BCUT2D eigenvalue weighted by Crippen LogP contribution is -2.60. The molecule has 7 heteroatoms. The van der Waals surface area contributed by atoms with Gasteiger partial charge in [0.15, 0.2) is 12.4 Å². The van der Waals surface area contributed by atoms with Gasteiger partial charge in [-0.2, -0.15) is 0 Å². The zero-order chi connectivity index (χ0) is 29.1. The normalized spacial score (nSPS) is 48.4. The molecule has 13 atom stereocenters. The van der Waals surface area contributed by atoms with Crippen LogP contribution in [0.2, 0.25) is 0 Å². The summed E-state index contributed by atoms with van der Waals surface area (Å²) in [5, 5.41) is 21.9. The van der Waals surface area contributed by atoms with Crippen LogP contribution in [0, 0.1) is 52.3 Å². The Balaban J connectivity index is 1.42. The zero-order valence-electron chi connectivity index (χ0n) is 25.4. The molecule has 2 bridgehead atoms. The average molecular weight is 561 g/mol. The zero-order valence-corrected chi connectivity index (χ0v) is 25.4. The van der Waals surface area contributed by atoms with Crippen LogP contribution in [-0.2, 0) is 23.8 Å². The summed E-state index contributed by atoms with van der Waals surface area (Å²) in [5.74, 6) is -0.417. The molecule has 40 heavy (non-hydrogen) atoms. The first-order valence-electron chi connectivity index (χ1n) is 15.9. The highest BCUT2D eigenvalue weighted by Crippen LogP contribution is 2.70. The number of aliphatic carboxylic acids is 1. The van der Waals surface area contributed by atoms with Gasteiger partial charge in [-0.05, 0) is 91.9 Å². The first-order chi connectivity index (χ1) is 18.8. The van der Waals surface area contributed by atoms with Crippen molar-refractivity contribution in [3.8, 4) is 0 Å². The third-order valence-corrected chi connectivity index (χ3v) is 12.2. The van der Waals surface area contributed by atoms with E-state index in [9.17, 15) is 19.8 Å². The number of carboxylic acid groups (broad SMARTS) is 1. The molecule has 5 aliphatic rings. The van der Waals surface area contributed by atoms with Gasteiger partial charge in [-0.25, -0.2) is 0 Å². The standard InChI is InChI=1S/C33H52O7/c1-8-25-18(4)19(5)28(40-27(34)13-17(2)3)31(39-25)38-22-14-23(30(36)37)24-11-12-33-15-21(20(6)29(33)35)9-10-26(33)32(24,7)16-22/h17-19,21-26,28-29,31,35H,6,8-16H2,1-5,7H3,(H,36,37)/t18?,19-,21?,22?,23?,24?,25?,26?,28?,29?,31?,32?,33?/m0/s1. The highest BCUT2D eigenvalue weighted by molar-refractivity contribution is 5.71. The van der Waals surface area contributed by atoms with E-state index in [1.807, 2.05) is 13.8 Å². The van der Waals surface area contributed by atoms with Gasteiger partial charge in [-0.15, -0.1) is 0 Å². The van der Waals surface area contributed by atoms with Crippen molar-refractivity contribution < 1.29 is 34.0 Å². The van der Waals surface area contributed by atoms with Crippen molar-refractivity contribution in [2.75, 3.05) is 0 Å². The van der Waals surface area contributed by atoms with E-state index >= 15 is 0 Å². The molecular weight excluding hydrogens is 508 g/mol. The van der Waals surface area contributed by atoms with Gasteiger partial charge in [-0.1, -0.05) is 48.1 Å². The molecule has 0 amide bonds. The minimum atomic E-state index is -0.761. The van der Waals surface area contributed by atoms with E-state index in [1.165, 1.54) is 0 Å². The molecule has 1 spiro atoms. The number of ether oxygens (including phenoxy) is 3. The number of hydrogen-bond acceptors (Lipinski definition) is 6. The van der Waals surface area contributed by atoms with Crippen LogP contribution in [0.4, 0.5) is 0 Å². The van der Waals surface area contributed by atoms with Crippen LogP contribution in [0.1, 0.15) is 99.3 Å². The lowest BCUT2D eigenvalue weighted by atomic mass is 9.43. The number of carboxylic acids is 1. The van der Waals surface area contributed by atoms with E-state index < -0.39 is 30.4 Å². The van der Waals surface area contributed by atoms with Crippen LogP contribution in [0.3, 0.4) is 0 Å². The third kappa shape index (κ3) is 4.86. The summed E-state index contributed by atoms with van der Waals surface area (Å²) < 4.78 is 19.3. The molecule has 0 aromatic carbocycles. The number of esters is 1. The van der Waals surface area contributed by atoms with Gasteiger partial charge in [0.2, 0.25) is 0 Å². The Labute approximate surface area is 240 Å². The van der Waals surface area contributed by atoms with Gasteiger partial charge < -0.3 is 24.4 Å². The number of carbonyl (C=O) groups excluding carboxylic acids is 1. The predicted molar refractivity (Wildman–Crippen MR) is 151 cm³/mol. The van der Waals surface area contributed by atoms with Crippen LogP contribution < -0.4 is 0 Å². The fourth-order valence-electron chi connectivity index (χ4n) is 10.1. The fraction of sp³-hybridized carbons (Fsp3) is 0.879. The van der Waals surface area contributed by atoms with E-state index in [-0.39, 0.29) is 58.6 Å². The van der Waals surface area contributed by atoms with Crippen molar-refractivity contribution in [2.24, 2.45) is 52.3 Å². The van der Waals surface area contributed by atoms with E-state index in [1.54, 1.807) is 0 Å². The number of aliphatic hydroxyl groups excluding tert-OH is 1. The molecule has 7 nitrogen and oxygen atoms in total. The number of hydrogen-bond donors (Lipinski definition) is 2. The molecule has 0 aromatic heterocycles. The summed E-state index contributed by atoms with van der Waals surface area (Å²) in [7, 11) is 0. The summed E-state index contributed by atoms with van der Waals surface area (Å²) in [6.07, 6.45) is 4.87. The quantitative estimate of drug-likeness (QED) is 0.224. The second kappa shape index (κ2) is 11.0. The SMILES string of the molecule is C=C1C2CCC3C4(C)CC(OC5OC(CC)C(C)[C@H](C)C5OC(=O)CC(C)C)CC(C(=O)O)C4CCC3(C2)C1O. The molecule has 4 saturated carbocycles. The average Bonchev–Trinajstić information content (AvgIpc) is 3.06. The molecule has 12 unspecified atom stereocenters. The highest BCUT2D eigenvalue weighted by Gasteiger charge is 2.67. The maximum Gasteiger partial charge on any atom is 0.306 e. The Hall–Kier alpha value is -1.44. The van der Waals surface area contributed by atoms with Crippen molar-refractivity contribution in [3.05, 3.63) is 12.2 Å². The number of aliphatic hydroxyl groups is 1. The van der Waals surface area contributed by atoms with E-state index in [4.69, 9.17) is 14.2 Å². The molecule has 0 aromatic rings. The monoisotopic (exact) mass is 560 g/mol. The Kier molecular flexibility index (Phi) is 8.26. The summed E-state index contributed by atoms with van der Waals surface area (Å²) in [6, 6.07) is 0. The lowest BCUT2D eigenvalue weighted by Gasteiger charge is -2.62. The molecule has 5 fully saturated rings. The first-order valence-corrected chi connectivity index (χ1v) is 15.9. The largest absolute Gasteiger partial charge is 0.481 e. The van der Waals surface area contributed by atoms with Gasteiger partial charge in [0, 0.05) is 17.8 Å². The number of carbonyl (C=O) groups is 2. The van der Waals surface area contributed by atoms with Gasteiger partial charge in [0.05, 0.1) is 24.2 Å². The minimum absolute atomic E-state index is 0.0184. The lowest BCUT2D eigenvalue weighted by molar-refractivity contribution is -0.300. The molecule has 1 aliphatic heterocycles. The van der Waals surface area contributed by atoms with Crippen LogP contribution in [-0.4, -0.2) is 52.9 Å². The molecule has 226 valence electrons. The maximum atomic E-state index is 12.8. The van der Waals surface area contributed by atoms with Gasteiger partial charge in [0.1, 0.15) is 0 Å². The van der Waals surface area contributed by atoms with Crippen LogP contribution in [0.5, 0.6) is 0 Å². The molecular formula is C33H52O7. The molecule has 0 radical (unpaired) electrons. The van der Waals surface area contributed by atoms with Crippen molar-refractivity contribution in [2.45, 2.75) is 130 Å². The minimum Gasteiger partial charge on any atom is -0.481 e. The van der Waals surface area contributed by atoms with E-state index in [0.717, 1.165) is 50.5 Å². The van der Waals surface area contributed by atoms with Gasteiger partial charge >= 0.3 is 11.9 Å². The second-order valence-electron chi connectivity index (χ2n) is 14.8. The van der Waals surface area contributed by atoms with Crippen molar-refractivity contribution in [1.82, 2.24) is 0 Å². The van der Waals surface area contributed by atoms with E-state index in [2.05, 4.69) is 34.3 Å². The fourth-order valence-corrected chi connectivity index (χ4v) is 10.1. The predicted octanol–water partition coefficient (Wildman–Crippen LogP) is 5.98. The molecule has 2 N–H and O–H groups in total. The molecule has 5 rings (SSSR count). The van der Waals surface area contributed by atoms with E-state index in [0.29, 0.717) is 18.8 Å². The van der Waals surface area contributed by atoms with Crippen molar-refractivity contribution in [1.29, 1.82) is 0 Å². The summed E-state index contributed by atoms with van der Waals surface area (Å²) in [4.78, 5) is 25.5. The highest BCUT2D eigenvalue weighted by atomic mass is 16.7. The number of rotatable bonds is 7. The topological polar surface area (TPSA) is 102 Å². The number of fused-ring (bicyclic) bond motifs is 3. The van der Waals surface area contributed by atoms with Crippen LogP contribution in [0.25, 0.3) is 0 Å². The summed E-state index contributed by atoms with van der Waals surface area (Å²) in [5.41, 5.74) is 0.504. The van der Waals surface area contributed by atoms with Crippen LogP contribution in [0.15, 0.2) is 12.2 Å². The Bertz CT molecular complexity index is 993. The van der Waals surface area contributed by atoms with Gasteiger partial charge in [-0.3, -0.25) is 9.59 Å². The Morgan fingerprint density at radius 1 is 1.15 bits per heavy atom. The Morgan fingerprint density at radius 3 is 2.52 bits per heavy atom. The maximum absolute atomic E-state index is 12.8. The third-order valence-electron chi connectivity index (χ3n) is 12.2. The summed E-state index contributed by atoms with van der Waals surface area (Å²) >= 11 is 0. The smallest absolute Gasteiger partial charge is 0.306 e. The summed E-state index contributed by atoms with van der Waals surface area (Å²) in [6.45, 7) is 16.9.